The topological polar surface area (TPSA) is 122 Å². The van der Waals surface area contributed by atoms with Crippen LogP contribution >= 0.6 is 23.2 Å². The van der Waals surface area contributed by atoms with Crippen molar-refractivity contribution in [2.45, 2.75) is 11.3 Å². The first-order valence-corrected chi connectivity index (χ1v) is 12.2. The minimum Gasteiger partial charge on any atom is -0.396 e. The van der Waals surface area contributed by atoms with Crippen molar-refractivity contribution in [2.75, 3.05) is 23.2 Å². The number of hydrogen-bond acceptors (Lipinski definition) is 7. The van der Waals surface area contributed by atoms with Crippen molar-refractivity contribution < 1.29 is 13.5 Å². The Balaban J connectivity index is 1.59. The maximum absolute atomic E-state index is 12.7. The molecule has 2 aromatic carbocycles. The van der Waals surface area contributed by atoms with Crippen molar-refractivity contribution in [3.63, 3.8) is 0 Å². The van der Waals surface area contributed by atoms with Gasteiger partial charge in [0.05, 0.1) is 15.4 Å². The van der Waals surface area contributed by atoms with E-state index >= 15 is 0 Å². The van der Waals surface area contributed by atoms with Crippen molar-refractivity contribution >= 4 is 55.9 Å². The minimum atomic E-state index is -3.92. The molecule has 0 bridgehead atoms. The molecule has 0 saturated heterocycles. The predicted octanol–water partition coefficient (Wildman–Crippen LogP) is 3.93. The molecule has 4 rings (SSSR count). The first-order valence-electron chi connectivity index (χ1n) is 9.92. The molecule has 12 heteroatoms. The highest BCUT2D eigenvalue weighted by atomic mass is 35.5. The molecule has 0 spiro atoms. The standard InChI is InChI=1S/C21H20Cl2N6O3S/c1-29-20-15(12-25-21(26-20)24-10-3-11-30)19(27-29)13-6-8-14(9-7-13)28-33(31,32)17-5-2-4-16(22)18(17)23/h2,4-9,12,28,30H,3,10-11H2,1H3,(H,24,25,26). The van der Waals surface area contributed by atoms with Crippen LogP contribution in [0.3, 0.4) is 0 Å². The van der Waals surface area contributed by atoms with Gasteiger partial charge in [-0.1, -0.05) is 41.4 Å². The molecule has 172 valence electrons. The lowest BCUT2D eigenvalue weighted by atomic mass is 10.1. The molecule has 0 atom stereocenters. The van der Waals surface area contributed by atoms with Crippen molar-refractivity contribution in [3.8, 4) is 11.3 Å². The Kier molecular flexibility index (Phi) is 6.71. The fourth-order valence-electron chi connectivity index (χ4n) is 3.21. The second kappa shape index (κ2) is 9.52. The highest BCUT2D eigenvalue weighted by Gasteiger charge is 2.20. The maximum Gasteiger partial charge on any atom is 0.263 e. The molecule has 0 fully saturated rings. The average molecular weight is 507 g/mol. The third kappa shape index (κ3) is 4.88. The van der Waals surface area contributed by atoms with E-state index in [2.05, 4.69) is 25.1 Å². The normalized spacial score (nSPS) is 11.6. The monoisotopic (exact) mass is 506 g/mol. The molecule has 0 aliphatic carbocycles. The first-order chi connectivity index (χ1) is 15.8. The summed E-state index contributed by atoms with van der Waals surface area (Å²) in [5, 5.41) is 17.4. The summed E-state index contributed by atoms with van der Waals surface area (Å²) < 4.78 is 29.6. The summed E-state index contributed by atoms with van der Waals surface area (Å²) in [5.41, 5.74) is 2.45. The lowest BCUT2D eigenvalue weighted by Crippen LogP contribution is -2.13. The van der Waals surface area contributed by atoms with E-state index in [1.807, 2.05) is 0 Å². The van der Waals surface area contributed by atoms with Gasteiger partial charge in [0.2, 0.25) is 5.95 Å². The van der Waals surface area contributed by atoms with Crippen LogP contribution in [0, 0.1) is 0 Å². The molecule has 3 N–H and O–H groups in total. The molecule has 9 nitrogen and oxygen atoms in total. The Morgan fingerprint density at radius 2 is 1.88 bits per heavy atom. The number of fused-ring (bicyclic) bond motifs is 1. The van der Waals surface area contributed by atoms with Crippen molar-refractivity contribution in [1.82, 2.24) is 19.7 Å². The van der Waals surface area contributed by atoms with Gasteiger partial charge in [-0.2, -0.15) is 10.1 Å². The van der Waals surface area contributed by atoms with Crippen LogP contribution in [0.4, 0.5) is 11.6 Å². The van der Waals surface area contributed by atoms with E-state index in [4.69, 9.17) is 28.3 Å². The van der Waals surface area contributed by atoms with Gasteiger partial charge in [-0.05, 0) is 30.7 Å². The van der Waals surface area contributed by atoms with E-state index in [1.165, 1.54) is 18.2 Å². The summed E-state index contributed by atoms with van der Waals surface area (Å²) in [6.45, 7) is 0.647. The van der Waals surface area contributed by atoms with Crippen LogP contribution in [0.25, 0.3) is 22.3 Å². The van der Waals surface area contributed by atoms with E-state index in [0.29, 0.717) is 35.9 Å². The molecule has 2 heterocycles. The molecule has 0 aliphatic heterocycles. The largest absolute Gasteiger partial charge is 0.396 e. The summed E-state index contributed by atoms with van der Waals surface area (Å²) >= 11 is 12.0. The zero-order valence-electron chi connectivity index (χ0n) is 17.5. The Hall–Kier alpha value is -2.92. The van der Waals surface area contributed by atoms with Crippen molar-refractivity contribution in [3.05, 3.63) is 58.7 Å². The molecule has 4 aromatic rings. The molecular weight excluding hydrogens is 487 g/mol. The van der Waals surface area contributed by atoms with Gasteiger partial charge in [0.25, 0.3) is 10.0 Å². The van der Waals surface area contributed by atoms with Crippen molar-refractivity contribution in [2.24, 2.45) is 7.05 Å². The van der Waals surface area contributed by atoms with Crippen LogP contribution in [0.1, 0.15) is 6.42 Å². The average Bonchev–Trinajstić information content (AvgIpc) is 3.12. The van der Waals surface area contributed by atoms with Gasteiger partial charge in [0.1, 0.15) is 10.6 Å². The highest BCUT2D eigenvalue weighted by Crippen LogP contribution is 2.31. The Bertz CT molecular complexity index is 1410. The molecule has 0 aliphatic rings. The number of sulfonamides is 1. The Morgan fingerprint density at radius 3 is 2.61 bits per heavy atom. The second-order valence-electron chi connectivity index (χ2n) is 7.14. The summed E-state index contributed by atoms with van der Waals surface area (Å²) in [6.07, 6.45) is 2.28. The molecule has 0 saturated carbocycles. The fraction of sp³-hybridized carbons (Fsp3) is 0.190. The molecule has 0 radical (unpaired) electrons. The highest BCUT2D eigenvalue weighted by molar-refractivity contribution is 7.92. The number of rotatable bonds is 8. The second-order valence-corrected chi connectivity index (χ2v) is 9.58. The van der Waals surface area contributed by atoms with E-state index < -0.39 is 10.0 Å². The van der Waals surface area contributed by atoms with Crippen molar-refractivity contribution in [1.29, 1.82) is 0 Å². The smallest absolute Gasteiger partial charge is 0.263 e. The molecule has 0 unspecified atom stereocenters. The number of halogens is 2. The van der Waals surface area contributed by atoms with Gasteiger partial charge in [0, 0.05) is 37.6 Å². The van der Waals surface area contributed by atoms with Crippen LogP contribution in [0.15, 0.2) is 53.6 Å². The number of aryl methyl sites for hydroxylation is 1. The Labute approximate surface area is 200 Å². The third-order valence-corrected chi connectivity index (χ3v) is 7.17. The molecular formula is C21H20Cl2N6O3S. The summed E-state index contributed by atoms with van der Waals surface area (Å²) in [5.74, 6) is 0.454. The van der Waals surface area contributed by atoms with E-state index in [1.54, 1.807) is 42.2 Å². The lowest BCUT2D eigenvalue weighted by Gasteiger charge is -2.10. The van der Waals surface area contributed by atoms with Gasteiger partial charge in [0.15, 0.2) is 5.65 Å². The zero-order valence-corrected chi connectivity index (χ0v) is 19.8. The molecule has 33 heavy (non-hydrogen) atoms. The SMILES string of the molecule is Cn1nc(-c2ccc(NS(=O)(=O)c3cccc(Cl)c3Cl)cc2)c2cnc(NCCCO)nc21. The van der Waals surface area contributed by atoms with Gasteiger partial charge in [-0.15, -0.1) is 0 Å². The summed E-state index contributed by atoms with van der Waals surface area (Å²) in [6, 6.07) is 11.2. The zero-order chi connectivity index (χ0) is 23.6. The fourth-order valence-corrected chi connectivity index (χ4v) is 5.03. The van der Waals surface area contributed by atoms with E-state index in [0.717, 1.165) is 10.9 Å². The third-order valence-electron chi connectivity index (χ3n) is 4.81. The molecule has 2 aromatic heterocycles. The van der Waals surface area contributed by atoms with Gasteiger partial charge in [-0.25, -0.2) is 18.1 Å². The van der Waals surface area contributed by atoms with E-state index in [-0.39, 0.29) is 21.5 Å². The number of hydrogen-bond donors (Lipinski definition) is 3. The lowest BCUT2D eigenvalue weighted by molar-refractivity contribution is 0.292. The minimum absolute atomic E-state index is 0.0338. The molecule has 0 amide bonds. The predicted molar refractivity (Wildman–Crippen MR) is 129 cm³/mol. The summed E-state index contributed by atoms with van der Waals surface area (Å²) in [4.78, 5) is 8.71. The number of aliphatic hydroxyl groups excluding tert-OH is 1. The Morgan fingerprint density at radius 1 is 1.12 bits per heavy atom. The maximum atomic E-state index is 12.7. The summed E-state index contributed by atoms with van der Waals surface area (Å²) in [7, 11) is -2.13. The number of nitrogens with one attached hydrogen (secondary N) is 2. The number of anilines is 2. The van der Waals surface area contributed by atoms with Crippen LogP contribution in [-0.2, 0) is 17.1 Å². The number of aliphatic hydroxyl groups is 1. The van der Waals surface area contributed by atoms with Gasteiger partial charge >= 0.3 is 0 Å². The van der Waals surface area contributed by atoms with Crippen LogP contribution < -0.4 is 10.0 Å². The van der Waals surface area contributed by atoms with Crippen LogP contribution in [0.5, 0.6) is 0 Å². The quantitative estimate of drug-likeness (QED) is 0.309. The number of aromatic nitrogens is 4. The van der Waals surface area contributed by atoms with E-state index in [9.17, 15) is 8.42 Å². The van der Waals surface area contributed by atoms with Gasteiger partial charge in [-0.3, -0.25) is 4.72 Å². The van der Waals surface area contributed by atoms with Crippen LogP contribution in [-0.4, -0.2) is 46.4 Å². The van der Waals surface area contributed by atoms with Crippen LogP contribution in [0.2, 0.25) is 10.0 Å². The van der Waals surface area contributed by atoms with Gasteiger partial charge < -0.3 is 10.4 Å². The number of benzene rings is 2. The number of nitrogens with zero attached hydrogens (tertiary/aromatic N) is 4. The first kappa shape index (κ1) is 23.2.